The maximum absolute atomic E-state index is 12.4. The van der Waals surface area contributed by atoms with E-state index in [0.29, 0.717) is 0 Å². The van der Waals surface area contributed by atoms with Crippen LogP contribution in [-0.4, -0.2) is 5.11 Å². The molecule has 1 rings (SSSR count). The fraction of sp³-hybridized carbons (Fsp3) is 0.143. The van der Waals surface area contributed by atoms with Crippen molar-refractivity contribution in [3.63, 3.8) is 0 Å². The fourth-order valence-corrected chi connectivity index (χ4v) is 0.954. The van der Waals surface area contributed by atoms with Gasteiger partial charge in [0, 0.05) is 4.47 Å². The first kappa shape index (κ1) is 5.85. The Morgan fingerprint density at radius 1 is 1.33 bits per heavy atom. The van der Waals surface area contributed by atoms with Crippen molar-refractivity contribution in [2.24, 2.45) is 0 Å². The number of phenolic OH excluding ortho intramolecular Hbond substituents is 1. The van der Waals surface area contributed by atoms with Gasteiger partial charge in [0.25, 0.3) is 0 Å². The van der Waals surface area contributed by atoms with E-state index in [9.17, 15) is 13.2 Å². The summed E-state index contributed by atoms with van der Waals surface area (Å²) in [6, 6.07) is -2.96. The maximum Gasteiger partial charge on any atom is 0.416 e. The van der Waals surface area contributed by atoms with E-state index in [1.165, 1.54) is 0 Å². The summed E-state index contributed by atoms with van der Waals surface area (Å²) in [6.07, 6.45) is -4.90. The van der Waals surface area contributed by atoms with Crippen LogP contribution in [0.25, 0.3) is 0 Å². The van der Waals surface area contributed by atoms with E-state index in [0.717, 1.165) is 0 Å². The molecule has 1 nitrogen and oxygen atoms in total. The quantitative estimate of drug-likeness (QED) is 0.743. The summed E-state index contributed by atoms with van der Waals surface area (Å²) in [5.74, 6) is -1.09. The van der Waals surface area contributed by atoms with Crippen LogP contribution in [0.5, 0.6) is 5.75 Å². The van der Waals surface area contributed by atoms with Gasteiger partial charge < -0.3 is 5.11 Å². The molecule has 1 N–H and O–H groups in total. The van der Waals surface area contributed by atoms with Gasteiger partial charge in [-0.1, -0.05) is 15.9 Å². The van der Waals surface area contributed by atoms with Crippen molar-refractivity contribution < 1.29 is 22.4 Å². The molecule has 0 atom stereocenters. The average molecular weight is 244 g/mol. The lowest BCUT2D eigenvalue weighted by Crippen LogP contribution is -2.04. The highest BCUT2D eigenvalue weighted by Crippen LogP contribution is 2.33. The van der Waals surface area contributed by atoms with Crippen LogP contribution in [0.1, 0.15) is 9.68 Å². The van der Waals surface area contributed by atoms with Crippen molar-refractivity contribution in [2.75, 3.05) is 0 Å². The van der Waals surface area contributed by atoms with Gasteiger partial charge in [-0.2, -0.15) is 13.2 Å². The average Bonchev–Trinajstić information content (AvgIpc) is 2.09. The Balaban J connectivity index is 3.68. The van der Waals surface area contributed by atoms with Gasteiger partial charge in [-0.15, -0.1) is 0 Å². The summed E-state index contributed by atoms with van der Waals surface area (Å²) in [5.41, 5.74) is -1.55. The number of phenols is 1. The molecule has 0 heterocycles. The molecule has 1 aromatic carbocycles. The maximum atomic E-state index is 12.4. The van der Waals surface area contributed by atoms with Crippen molar-refractivity contribution in [1.29, 1.82) is 0 Å². The highest BCUT2D eigenvalue weighted by atomic mass is 79.9. The minimum atomic E-state index is -4.90. The van der Waals surface area contributed by atoms with Crippen LogP contribution >= 0.6 is 15.9 Å². The number of hydrogen-bond donors (Lipinski definition) is 1. The van der Waals surface area contributed by atoms with Crippen molar-refractivity contribution in [2.45, 2.75) is 6.18 Å². The molecule has 0 unspecified atom stereocenters. The van der Waals surface area contributed by atoms with Crippen LogP contribution in [0.4, 0.5) is 13.2 Å². The Hall–Kier alpha value is -0.710. The lowest BCUT2D eigenvalue weighted by molar-refractivity contribution is -0.137. The Morgan fingerprint density at radius 2 is 1.92 bits per heavy atom. The second kappa shape index (κ2) is 2.97. The first-order chi connectivity index (χ1) is 6.68. The Labute approximate surface area is 79.2 Å². The number of rotatable bonds is 0. The van der Waals surface area contributed by atoms with Crippen LogP contribution < -0.4 is 0 Å². The van der Waals surface area contributed by atoms with E-state index in [1.54, 1.807) is 0 Å². The highest BCUT2D eigenvalue weighted by Gasteiger charge is 2.31. The molecule has 0 saturated carbocycles. The smallest absolute Gasteiger partial charge is 0.416 e. The molecular formula is C7H4BrF3O. The fourth-order valence-electron chi connectivity index (χ4n) is 0.568. The lowest BCUT2D eigenvalue weighted by Gasteiger charge is -2.06. The number of aromatic hydroxyl groups is 1. The molecule has 0 saturated heterocycles. The van der Waals surface area contributed by atoms with E-state index in [4.69, 9.17) is 9.22 Å². The number of benzene rings is 1. The van der Waals surface area contributed by atoms with Crippen LogP contribution in [0, 0.1) is 0 Å². The van der Waals surface area contributed by atoms with E-state index in [2.05, 4.69) is 15.9 Å². The Kier molecular flexibility index (Phi) is 1.45. The van der Waals surface area contributed by atoms with Gasteiger partial charge in [0.15, 0.2) is 0 Å². The van der Waals surface area contributed by atoms with Crippen molar-refractivity contribution in [3.05, 3.63) is 28.2 Å². The van der Waals surface area contributed by atoms with Gasteiger partial charge in [0.1, 0.15) is 5.75 Å². The molecule has 12 heavy (non-hydrogen) atoms. The topological polar surface area (TPSA) is 20.2 Å². The van der Waals surface area contributed by atoms with E-state index >= 15 is 0 Å². The standard InChI is InChI=1S/C7H4BrF3O/c8-5-1-4(7(9,10)11)2-6(12)3-5/h1-3,12H/i1D,2D,3D. The van der Waals surface area contributed by atoms with Crippen LogP contribution in [0.15, 0.2) is 22.6 Å². The molecule has 66 valence electrons. The van der Waals surface area contributed by atoms with E-state index in [-0.39, 0.29) is 0 Å². The number of halogens is 4. The largest absolute Gasteiger partial charge is 0.508 e. The van der Waals surface area contributed by atoms with Crippen LogP contribution in [0.3, 0.4) is 0 Å². The lowest BCUT2D eigenvalue weighted by atomic mass is 10.2. The summed E-state index contributed by atoms with van der Waals surface area (Å²) in [6.45, 7) is 0. The molecule has 0 aromatic heterocycles. The number of alkyl halides is 3. The predicted molar refractivity (Wildman–Crippen MR) is 40.8 cm³/mol. The van der Waals surface area contributed by atoms with E-state index in [1.807, 2.05) is 0 Å². The summed E-state index contributed by atoms with van der Waals surface area (Å²) in [7, 11) is 0. The van der Waals surface area contributed by atoms with Crippen LogP contribution in [-0.2, 0) is 6.18 Å². The van der Waals surface area contributed by atoms with Gasteiger partial charge in [-0.05, 0) is 18.1 Å². The van der Waals surface area contributed by atoms with Gasteiger partial charge >= 0.3 is 6.18 Å². The molecule has 0 aliphatic carbocycles. The first-order valence-corrected chi connectivity index (χ1v) is 3.52. The predicted octanol–water partition coefficient (Wildman–Crippen LogP) is 3.17. The highest BCUT2D eigenvalue weighted by molar-refractivity contribution is 9.10. The second-order valence-electron chi connectivity index (χ2n) is 1.91. The van der Waals surface area contributed by atoms with Gasteiger partial charge in [-0.25, -0.2) is 0 Å². The minimum absolute atomic E-state index is 0.483. The zero-order valence-electron chi connectivity index (χ0n) is 8.46. The first-order valence-electron chi connectivity index (χ1n) is 4.23. The second-order valence-corrected chi connectivity index (χ2v) is 2.70. The summed E-state index contributed by atoms with van der Waals surface area (Å²) < 4.78 is 57.9. The third-order valence-electron chi connectivity index (χ3n) is 0.990. The molecule has 1 aromatic rings. The van der Waals surface area contributed by atoms with Gasteiger partial charge in [0.2, 0.25) is 0 Å². The molecular weight excluding hydrogens is 237 g/mol. The van der Waals surface area contributed by atoms with Gasteiger partial charge in [0.05, 0.1) is 9.68 Å². The molecule has 0 radical (unpaired) electrons. The molecule has 0 aliphatic heterocycles. The van der Waals surface area contributed by atoms with Crippen molar-refractivity contribution in [3.8, 4) is 5.75 Å². The monoisotopic (exact) mass is 243 g/mol. The molecule has 0 fully saturated rings. The zero-order chi connectivity index (χ0) is 12.0. The molecule has 0 aliphatic rings. The molecule has 0 bridgehead atoms. The zero-order valence-corrected chi connectivity index (χ0v) is 7.05. The molecule has 0 spiro atoms. The van der Waals surface area contributed by atoms with E-state index < -0.39 is 40.1 Å². The number of hydrogen-bond acceptors (Lipinski definition) is 1. The third-order valence-corrected chi connectivity index (χ3v) is 1.39. The summed E-state index contributed by atoms with van der Waals surface area (Å²) in [4.78, 5) is 0. The minimum Gasteiger partial charge on any atom is -0.508 e. The third kappa shape index (κ3) is 2.14. The summed E-state index contributed by atoms with van der Waals surface area (Å²) in [5, 5.41) is 9.07. The Bertz CT molecular complexity index is 390. The van der Waals surface area contributed by atoms with Gasteiger partial charge in [-0.3, -0.25) is 0 Å². The molecule has 5 heteroatoms. The Morgan fingerprint density at radius 3 is 2.42 bits per heavy atom. The SMILES string of the molecule is [2H]c1c(O)c([2H])c(C(F)(F)F)c([2H])c1Br. The van der Waals surface area contributed by atoms with Crippen molar-refractivity contribution >= 4 is 15.9 Å². The van der Waals surface area contributed by atoms with Crippen LogP contribution in [0.2, 0.25) is 0 Å². The van der Waals surface area contributed by atoms with Crippen molar-refractivity contribution in [1.82, 2.24) is 0 Å². The summed E-state index contributed by atoms with van der Waals surface area (Å²) >= 11 is 2.59. The molecule has 0 amide bonds. The normalized spacial score (nSPS) is 15.2.